The number of esters is 3. The Labute approximate surface area is 503 Å². The molecule has 0 aromatic carbocycles. The van der Waals surface area contributed by atoms with Crippen LogP contribution in [-0.2, 0) is 28.6 Å². The highest BCUT2D eigenvalue weighted by molar-refractivity contribution is 5.71. The molecule has 0 saturated heterocycles. The third-order valence-electron chi connectivity index (χ3n) is 15.7. The Morgan fingerprint density at radius 3 is 0.802 bits per heavy atom. The Morgan fingerprint density at radius 2 is 0.494 bits per heavy atom. The first-order valence-electron chi connectivity index (χ1n) is 35.4. The van der Waals surface area contributed by atoms with E-state index < -0.39 is 6.10 Å². The van der Waals surface area contributed by atoms with Crippen LogP contribution in [0.3, 0.4) is 0 Å². The maximum Gasteiger partial charge on any atom is 0.306 e. The molecule has 0 aromatic rings. The van der Waals surface area contributed by atoms with Gasteiger partial charge in [0.05, 0.1) is 0 Å². The summed E-state index contributed by atoms with van der Waals surface area (Å²) in [5, 5.41) is 0. The number of carbonyl (C=O) groups is 3. The maximum absolute atomic E-state index is 12.9. The zero-order valence-corrected chi connectivity index (χ0v) is 54.1. The zero-order chi connectivity index (χ0) is 58.5. The van der Waals surface area contributed by atoms with E-state index in [1.165, 1.54) is 231 Å². The molecule has 81 heavy (non-hydrogen) atoms. The topological polar surface area (TPSA) is 78.9 Å². The first-order valence-corrected chi connectivity index (χ1v) is 35.4. The minimum atomic E-state index is -0.776. The molecule has 0 rings (SSSR count). The van der Waals surface area contributed by atoms with Gasteiger partial charge in [0, 0.05) is 19.3 Å². The number of hydrogen-bond donors (Lipinski definition) is 0. The van der Waals surface area contributed by atoms with Crippen molar-refractivity contribution in [1.82, 2.24) is 0 Å². The third kappa shape index (κ3) is 67.5. The van der Waals surface area contributed by atoms with E-state index in [9.17, 15) is 14.4 Å². The quantitative estimate of drug-likeness (QED) is 0.0261. The molecule has 0 saturated carbocycles. The minimum Gasteiger partial charge on any atom is -0.462 e. The molecule has 6 nitrogen and oxygen atoms in total. The second-order valence-electron chi connectivity index (χ2n) is 23.8. The summed E-state index contributed by atoms with van der Waals surface area (Å²) >= 11 is 0. The molecule has 0 spiro atoms. The van der Waals surface area contributed by atoms with Gasteiger partial charge in [0.2, 0.25) is 0 Å². The SMILES string of the molecule is CC/C=C\C/C=C\C/C=C\C/C=C\C/C=C\CCCCCCCCCCCCCCCCCC(=O)OCC(COC(=O)CCCCCCC/C=C\CCCC)OC(=O)CCCCCCCCCCCCCCCCCCCCCCC. The van der Waals surface area contributed by atoms with Crippen LogP contribution in [-0.4, -0.2) is 37.2 Å². The van der Waals surface area contributed by atoms with E-state index in [4.69, 9.17) is 14.2 Å². The van der Waals surface area contributed by atoms with Gasteiger partial charge in [-0.2, -0.15) is 0 Å². The van der Waals surface area contributed by atoms with Crippen LogP contribution in [0.15, 0.2) is 72.9 Å². The molecule has 0 aliphatic heterocycles. The van der Waals surface area contributed by atoms with Crippen molar-refractivity contribution in [3.8, 4) is 0 Å². The smallest absolute Gasteiger partial charge is 0.306 e. The Hall–Kier alpha value is -3.15. The monoisotopic (exact) mass is 1130 g/mol. The number of hydrogen-bond acceptors (Lipinski definition) is 6. The molecule has 0 heterocycles. The van der Waals surface area contributed by atoms with E-state index in [0.29, 0.717) is 19.3 Å². The zero-order valence-electron chi connectivity index (χ0n) is 54.1. The number of rotatable bonds is 65. The molecule has 0 aliphatic carbocycles. The van der Waals surface area contributed by atoms with Gasteiger partial charge in [0.1, 0.15) is 13.2 Å². The molecule has 0 aliphatic rings. The standard InChI is InChI=1S/C75H134O6/c1-4-7-10-13-16-19-22-24-26-28-30-32-33-34-35-36-37-38-39-40-41-43-44-46-48-50-53-56-59-62-65-68-74(77)80-71-72(70-79-73(76)67-64-61-58-55-52-21-18-15-12-9-6-3)81-75(78)69-66-63-60-57-54-51-49-47-45-42-31-29-27-25-23-20-17-14-11-8-5-2/h7,10,15-16,18-19,24,26,30,32,34-35,72H,4-6,8-9,11-14,17,20-23,25,27-29,31,33,36-71H2,1-3H3/b10-7-,18-15-,19-16-,26-24-,32-30-,35-34-. The summed E-state index contributed by atoms with van der Waals surface area (Å²) in [5.41, 5.74) is 0. The molecule has 0 bridgehead atoms. The molecule has 0 amide bonds. The van der Waals surface area contributed by atoms with Gasteiger partial charge in [-0.05, 0) is 83.5 Å². The van der Waals surface area contributed by atoms with Crippen LogP contribution in [0, 0.1) is 0 Å². The summed E-state index contributed by atoms with van der Waals surface area (Å²) in [6, 6.07) is 0. The summed E-state index contributed by atoms with van der Waals surface area (Å²) < 4.78 is 17.0. The second kappa shape index (κ2) is 69.3. The minimum absolute atomic E-state index is 0.0729. The number of unbranched alkanes of at least 4 members (excludes halogenated alkanes) is 42. The molecular weight excluding hydrogens is 997 g/mol. The first kappa shape index (κ1) is 77.9. The Balaban J connectivity index is 4.16. The van der Waals surface area contributed by atoms with Crippen molar-refractivity contribution < 1.29 is 28.6 Å². The lowest BCUT2D eigenvalue weighted by molar-refractivity contribution is -0.167. The lowest BCUT2D eigenvalue weighted by Crippen LogP contribution is -2.30. The summed E-state index contributed by atoms with van der Waals surface area (Å²) in [5.74, 6) is -0.860. The predicted molar refractivity (Wildman–Crippen MR) is 353 cm³/mol. The average Bonchev–Trinajstić information content (AvgIpc) is 3.47. The van der Waals surface area contributed by atoms with E-state index >= 15 is 0 Å². The molecule has 0 fully saturated rings. The van der Waals surface area contributed by atoms with Crippen LogP contribution in [0.4, 0.5) is 0 Å². The highest BCUT2D eigenvalue weighted by Crippen LogP contribution is 2.18. The van der Waals surface area contributed by atoms with Crippen molar-refractivity contribution >= 4 is 17.9 Å². The van der Waals surface area contributed by atoms with Gasteiger partial charge in [-0.25, -0.2) is 0 Å². The van der Waals surface area contributed by atoms with E-state index in [0.717, 1.165) is 96.3 Å². The Bertz CT molecular complexity index is 1490. The molecule has 1 unspecified atom stereocenters. The number of ether oxygens (including phenoxy) is 3. The number of allylic oxidation sites excluding steroid dienone is 12. The van der Waals surface area contributed by atoms with Gasteiger partial charge >= 0.3 is 17.9 Å². The van der Waals surface area contributed by atoms with E-state index in [2.05, 4.69) is 93.7 Å². The second-order valence-corrected chi connectivity index (χ2v) is 23.8. The van der Waals surface area contributed by atoms with Crippen LogP contribution in [0.5, 0.6) is 0 Å². The largest absolute Gasteiger partial charge is 0.462 e. The van der Waals surface area contributed by atoms with Gasteiger partial charge < -0.3 is 14.2 Å². The van der Waals surface area contributed by atoms with Crippen LogP contribution in [0.1, 0.15) is 367 Å². The fourth-order valence-corrected chi connectivity index (χ4v) is 10.4. The fraction of sp³-hybridized carbons (Fsp3) is 0.800. The van der Waals surface area contributed by atoms with Gasteiger partial charge in [0.25, 0.3) is 0 Å². The first-order chi connectivity index (χ1) is 40.0. The Kier molecular flexibility index (Phi) is 66.6. The summed E-state index contributed by atoms with van der Waals surface area (Å²) in [4.78, 5) is 38.4. The lowest BCUT2D eigenvalue weighted by Gasteiger charge is -2.18. The van der Waals surface area contributed by atoms with Crippen molar-refractivity contribution in [2.45, 2.75) is 374 Å². The fourth-order valence-electron chi connectivity index (χ4n) is 10.4. The third-order valence-corrected chi connectivity index (χ3v) is 15.7. The summed E-state index contributed by atoms with van der Waals surface area (Å²) in [6.07, 6.45) is 90.8. The highest BCUT2D eigenvalue weighted by atomic mass is 16.6. The molecule has 470 valence electrons. The van der Waals surface area contributed by atoms with E-state index in [1.54, 1.807) is 0 Å². The van der Waals surface area contributed by atoms with E-state index in [-0.39, 0.29) is 31.1 Å². The molecule has 0 aromatic heterocycles. The van der Waals surface area contributed by atoms with Gasteiger partial charge in [-0.3, -0.25) is 14.4 Å². The van der Waals surface area contributed by atoms with Crippen molar-refractivity contribution in [1.29, 1.82) is 0 Å². The maximum atomic E-state index is 12.9. The van der Waals surface area contributed by atoms with Crippen LogP contribution < -0.4 is 0 Å². The van der Waals surface area contributed by atoms with Crippen molar-refractivity contribution in [3.63, 3.8) is 0 Å². The summed E-state index contributed by atoms with van der Waals surface area (Å²) in [7, 11) is 0. The van der Waals surface area contributed by atoms with Gasteiger partial charge in [0.15, 0.2) is 6.10 Å². The molecule has 6 heteroatoms. The molecule has 1 atom stereocenters. The van der Waals surface area contributed by atoms with Crippen LogP contribution in [0.25, 0.3) is 0 Å². The van der Waals surface area contributed by atoms with Gasteiger partial charge in [-0.15, -0.1) is 0 Å². The highest BCUT2D eigenvalue weighted by Gasteiger charge is 2.19. The normalized spacial score (nSPS) is 12.5. The lowest BCUT2D eigenvalue weighted by atomic mass is 10.0. The molecule has 0 N–H and O–H groups in total. The van der Waals surface area contributed by atoms with Crippen molar-refractivity contribution in [3.05, 3.63) is 72.9 Å². The van der Waals surface area contributed by atoms with Gasteiger partial charge in [-0.1, -0.05) is 338 Å². The molecular formula is C75H134O6. The average molecular weight is 1130 g/mol. The predicted octanol–water partition coefficient (Wildman–Crippen LogP) is 24.4. The van der Waals surface area contributed by atoms with Crippen LogP contribution >= 0.6 is 0 Å². The molecule has 0 radical (unpaired) electrons. The number of carbonyl (C=O) groups excluding carboxylic acids is 3. The van der Waals surface area contributed by atoms with Crippen LogP contribution in [0.2, 0.25) is 0 Å². The van der Waals surface area contributed by atoms with E-state index in [1.807, 2.05) is 0 Å². The van der Waals surface area contributed by atoms with Crippen molar-refractivity contribution in [2.24, 2.45) is 0 Å². The van der Waals surface area contributed by atoms with Crippen molar-refractivity contribution in [2.75, 3.05) is 13.2 Å². The Morgan fingerprint density at radius 1 is 0.259 bits per heavy atom. The summed E-state index contributed by atoms with van der Waals surface area (Å²) in [6.45, 7) is 6.54.